The fourth-order valence-corrected chi connectivity index (χ4v) is 5.25. The zero-order valence-corrected chi connectivity index (χ0v) is 18.8. The number of hydrogen-bond donors (Lipinski definition) is 0. The normalized spacial score (nSPS) is 23.7. The maximum Gasteiger partial charge on any atom is 0.231 e. The molecule has 0 N–H and O–H groups in total. The van der Waals surface area contributed by atoms with Gasteiger partial charge < -0.3 is 9.47 Å². The first kappa shape index (κ1) is 20.8. The number of amides is 1. The predicted octanol–water partition coefficient (Wildman–Crippen LogP) is 3.27. The van der Waals surface area contributed by atoms with E-state index >= 15 is 0 Å². The molecule has 2 aliphatic heterocycles. The van der Waals surface area contributed by atoms with Gasteiger partial charge in [-0.05, 0) is 55.7 Å². The van der Waals surface area contributed by atoms with Gasteiger partial charge in [-0.1, -0.05) is 0 Å². The third kappa shape index (κ3) is 3.81. The van der Waals surface area contributed by atoms with Gasteiger partial charge in [0.05, 0.1) is 17.4 Å². The van der Waals surface area contributed by atoms with E-state index in [0.29, 0.717) is 12.6 Å². The number of carbonyl (C=O) groups is 1. The lowest BCUT2D eigenvalue weighted by molar-refractivity contribution is -0.136. The molecule has 32 heavy (non-hydrogen) atoms. The van der Waals surface area contributed by atoms with Crippen LogP contribution in [0.25, 0.3) is 0 Å². The number of imidazole rings is 1. The average molecular weight is 431 g/mol. The number of aromatic nitrogens is 4. The summed E-state index contributed by atoms with van der Waals surface area (Å²) in [5, 5.41) is 0. The maximum atomic E-state index is 13.9. The molecule has 0 saturated carbocycles. The van der Waals surface area contributed by atoms with Crippen molar-refractivity contribution in [3.63, 3.8) is 0 Å². The fraction of sp³-hybridized carbons (Fsp3) is 0.440. The summed E-state index contributed by atoms with van der Waals surface area (Å²) < 4.78 is 2.14. The zero-order valence-electron chi connectivity index (χ0n) is 18.8. The van der Waals surface area contributed by atoms with Gasteiger partial charge >= 0.3 is 0 Å². The molecular weight excluding hydrogens is 400 g/mol. The molecule has 1 amide bonds. The average Bonchev–Trinajstić information content (AvgIpc) is 3.50. The van der Waals surface area contributed by atoms with Gasteiger partial charge in [-0.15, -0.1) is 0 Å². The van der Waals surface area contributed by atoms with Crippen LogP contribution in [0.15, 0.2) is 61.6 Å². The minimum atomic E-state index is -0.420. The van der Waals surface area contributed by atoms with Gasteiger partial charge in [-0.2, -0.15) is 0 Å². The number of rotatable bonds is 6. The highest BCUT2D eigenvalue weighted by atomic mass is 16.2. The van der Waals surface area contributed by atoms with Crippen LogP contribution in [0.4, 0.5) is 0 Å². The van der Waals surface area contributed by atoms with Crippen LogP contribution in [-0.4, -0.2) is 54.9 Å². The van der Waals surface area contributed by atoms with E-state index in [-0.39, 0.29) is 11.8 Å². The molecule has 7 heteroatoms. The third-order valence-corrected chi connectivity index (χ3v) is 7.01. The largest absolute Gasteiger partial charge is 0.338 e. The van der Waals surface area contributed by atoms with Crippen LogP contribution < -0.4 is 0 Å². The second-order valence-corrected chi connectivity index (χ2v) is 9.41. The summed E-state index contributed by atoms with van der Waals surface area (Å²) in [6, 6.07) is 8.44. The summed E-state index contributed by atoms with van der Waals surface area (Å²) in [6.07, 6.45) is 12.2. The molecule has 1 spiro atoms. The van der Waals surface area contributed by atoms with Gasteiger partial charge in [-0.3, -0.25) is 19.7 Å². The second-order valence-electron chi connectivity index (χ2n) is 9.41. The first-order valence-corrected chi connectivity index (χ1v) is 11.4. The van der Waals surface area contributed by atoms with Crippen molar-refractivity contribution >= 4 is 5.91 Å². The van der Waals surface area contributed by atoms with E-state index in [1.807, 2.05) is 35.8 Å². The number of carbonyl (C=O) groups excluding carboxylic acids is 1. The summed E-state index contributed by atoms with van der Waals surface area (Å²) in [5.74, 6) is 0.356. The molecule has 2 fully saturated rings. The van der Waals surface area contributed by atoms with Gasteiger partial charge in [0, 0.05) is 75.7 Å². The monoisotopic (exact) mass is 430 g/mol. The van der Waals surface area contributed by atoms with Crippen LogP contribution in [0.2, 0.25) is 0 Å². The Hall–Kier alpha value is -3.06. The quantitative estimate of drug-likeness (QED) is 0.600. The molecule has 0 radical (unpaired) electrons. The minimum absolute atomic E-state index is 0.0966. The number of pyridine rings is 2. The summed E-state index contributed by atoms with van der Waals surface area (Å²) in [5.41, 5.74) is 2.96. The Morgan fingerprint density at radius 2 is 1.69 bits per heavy atom. The summed E-state index contributed by atoms with van der Waals surface area (Å²) in [7, 11) is 0. The van der Waals surface area contributed by atoms with Crippen molar-refractivity contribution in [2.45, 2.75) is 45.3 Å². The van der Waals surface area contributed by atoms with E-state index in [1.165, 1.54) is 5.56 Å². The van der Waals surface area contributed by atoms with Gasteiger partial charge in [0.15, 0.2) is 0 Å². The van der Waals surface area contributed by atoms with Crippen molar-refractivity contribution in [3.8, 4) is 0 Å². The molecule has 3 aromatic heterocycles. The Morgan fingerprint density at radius 3 is 2.31 bits per heavy atom. The topological polar surface area (TPSA) is 67.2 Å². The first-order valence-electron chi connectivity index (χ1n) is 11.4. The van der Waals surface area contributed by atoms with Gasteiger partial charge in [0.25, 0.3) is 0 Å². The molecule has 2 saturated heterocycles. The van der Waals surface area contributed by atoms with Crippen LogP contribution in [0.3, 0.4) is 0 Å². The first-order chi connectivity index (χ1) is 15.5. The van der Waals surface area contributed by atoms with Crippen molar-refractivity contribution in [1.29, 1.82) is 0 Å². The van der Waals surface area contributed by atoms with Crippen molar-refractivity contribution in [2.75, 3.05) is 19.6 Å². The zero-order chi connectivity index (χ0) is 22.1. The maximum absolute atomic E-state index is 13.9. The molecule has 0 bridgehead atoms. The van der Waals surface area contributed by atoms with E-state index in [9.17, 15) is 4.79 Å². The van der Waals surface area contributed by atoms with Gasteiger partial charge in [0.2, 0.25) is 5.91 Å². The molecular formula is C25H30N6O. The lowest BCUT2D eigenvalue weighted by Gasteiger charge is -2.28. The fourth-order valence-electron chi connectivity index (χ4n) is 5.25. The highest BCUT2D eigenvalue weighted by Gasteiger charge is 2.57. The van der Waals surface area contributed by atoms with Crippen LogP contribution in [-0.2, 0) is 17.9 Å². The van der Waals surface area contributed by atoms with Crippen LogP contribution >= 0.6 is 0 Å². The van der Waals surface area contributed by atoms with Crippen LogP contribution in [0, 0.1) is 5.41 Å². The van der Waals surface area contributed by atoms with Crippen molar-refractivity contribution in [3.05, 3.63) is 78.4 Å². The Bertz CT molecular complexity index is 1070. The molecule has 7 nitrogen and oxygen atoms in total. The molecule has 5 heterocycles. The Labute approximate surface area is 189 Å². The highest BCUT2D eigenvalue weighted by Crippen LogP contribution is 2.50. The standard InChI is InChI=1S/C25H30N6O/c1-19(2)31-16-23(28-18-31)22-15-29(13-20-3-8-26-9-4-20)17-25(22)7-12-30(24(25)32)14-21-5-10-27-11-6-21/h3-6,8-11,16,18-19,22H,7,12-15,17H2,1-2H3/t22-,25-/m0/s1. The predicted molar refractivity (Wildman–Crippen MR) is 122 cm³/mol. The Kier molecular flexibility index (Phi) is 5.51. The smallest absolute Gasteiger partial charge is 0.231 e. The third-order valence-electron chi connectivity index (χ3n) is 7.01. The van der Waals surface area contributed by atoms with Gasteiger partial charge in [0.1, 0.15) is 0 Å². The molecule has 5 rings (SSSR count). The van der Waals surface area contributed by atoms with Gasteiger partial charge in [-0.25, -0.2) is 4.98 Å². The summed E-state index contributed by atoms with van der Waals surface area (Å²) in [6.45, 7) is 8.16. The lowest BCUT2D eigenvalue weighted by Crippen LogP contribution is -2.39. The number of nitrogens with zero attached hydrogens (tertiary/aromatic N) is 6. The van der Waals surface area contributed by atoms with E-state index in [0.717, 1.165) is 43.9 Å². The molecule has 166 valence electrons. The SMILES string of the molecule is CC(C)n1cnc([C@@H]2CN(Cc3ccncc3)C[C@@]23CCN(Cc2ccncc2)C3=O)c1. The van der Waals surface area contributed by atoms with E-state index in [4.69, 9.17) is 4.98 Å². The Balaban J connectivity index is 1.43. The molecule has 0 aromatic carbocycles. The van der Waals surface area contributed by atoms with E-state index in [1.54, 1.807) is 12.4 Å². The van der Waals surface area contributed by atoms with Crippen LogP contribution in [0.1, 0.15) is 49.0 Å². The molecule has 2 atom stereocenters. The summed E-state index contributed by atoms with van der Waals surface area (Å²) in [4.78, 5) is 31.4. The molecule has 3 aromatic rings. The van der Waals surface area contributed by atoms with Crippen molar-refractivity contribution < 1.29 is 4.79 Å². The minimum Gasteiger partial charge on any atom is -0.338 e. The second kappa shape index (κ2) is 8.47. The summed E-state index contributed by atoms with van der Waals surface area (Å²) >= 11 is 0. The Morgan fingerprint density at radius 1 is 1.03 bits per heavy atom. The lowest BCUT2D eigenvalue weighted by atomic mass is 9.75. The molecule has 2 aliphatic rings. The molecule has 0 unspecified atom stereocenters. The number of hydrogen-bond acceptors (Lipinski definition) is 5. The van der Waals surface area contributed by atoms with Crippen LogP contribution in [0.5, 0.6) is 0 Å². The van der Waals surface area contributed by atoms with Crippen molar-refractivity contribution in [1.82, 2.24) is 29.3 Å². The van der Waals surface area contributed by atoms with Crippen molar-refractivity contribution in [2.24, 2.45) is 5.41 Å². The highest BCUT2D eigenvalue weighted by molar-refractivity contribution is 5.86. The van der Waals surface area contributed by atoms with E-state index in [2.05, 4.69) is 51.6 Å². The van der Waals surface area contributed by atoms with E-state index < -0.39 is 5.41 Å². The molecule has 0 aliphatic carbocycles. The number of likely N-dealkylation sites (tertiary alicyclic amines) is 2.